The first kappa shape index (κ1) is 13.6. The Kier molecular flexibility index (Phi) is 5.91. The van der Waals surface area contributed by atoms with E-state index in [1.807, 2.05) is 24.2 Å². The van der Waals surface area contributed by atoms with Crippen molar-refractivity contribution in [1.29, 1.82) is 0 Å². The van der Waals surface area contributed by atoms with E-state index in [0.29, 0.717) is 6.04 Å². The van der Waals surface area contributed by atoms with Gasteiger partial charge in [-0.15, -0.1) is 0 Å². The monoisotopic (exact) mass is 241 g/mol. The van der Waals surface area contributed by atoms with E-state index >= 15 is 0 Å². The molecule has 1 unspecified atom stereocenters. The average molecular weight is 241 g/mol. The molecule has 1 aromatic heterocycles. The summed E-state index contributed by atoms with van der Waals surface area (Å²) in [5.74, 6) is 4.20. The molecule has 16 heavy (non-hydrogen) atoms. The highest BCUT2D eigenvalue weighted by Gasteiger charge is 2.14. The lowest BCUT2D eigenvalue weighted by Gasteiger charge is -2.17. The van der Waals surface area contributed by atoms with Crippen molar-refractivity contribution in [3.05, 3.63) is 18.2 Å². The largest absolute Gasteiger partial charge is 0.337 e. The minimum Gasteiger partial charge on any atom is -0.337 e. The van der Waals surface area contributed by atoms with E-state index in [0.717, 1.165) is 24.0 Å². The van der Waals surface area contributed by atoms with E-state index in [-0.39, 0.29) is 0 Å². The van der Waals surface area contributed by atoms with Crippen molar-refractivity contribution in [3.8, 4) is 0 Å². The van der Waals surface area contributed by atoms with Crippen LogP contribution in [0.25, 0.3) is 0 Å². The Hall–Kier alpha value is -0.480. The second-order valence-corrected chi connectivity index (χ2v) is 5.51. The first-order valence-electron chi connectivity index (χ1n) is 5.93. The standard InChI is InChI=1S/C12H23N3S/c1-5-13-11(9-16-8-10(2)3)12-14-6-7-15(12)4/h6-7,10-11,13H,5,8-9H2,1-4H3. The summed E-state index contributed by atoms with van der Waals surface area (Å²) in [6.07, 6.45) is 3.87. The first-order valence-corrected chi connectivity index (χ1v) is 7.09. The van der Waals surface area contributed by atoms with Crippen LogP contribution in [0.1, 0.15) is 32.6 Å². The Morgan fingerprint density at radius 1 is 1.44 bits per heavy atom. The van der Waals surface area contributed by atoms with E-state index in [4.69, 9.17) is 0 Å². The molecule has 92 valence electrons. The van der Waals surface area contributed by atoms with Gasteiger partial charge in [0, 0.05) is 25.2 Å². The molecule has 0 saturated carbocycles. The maximum Gasteiger partial charge on any atom is 0.126 e. The van der Waals surface area contributed by atoms with E-state index in [2.05, 4.69) is 42.7 Å². The molecule has 0 aromatic carbocycles. The van der Waals surface area contributed by atoms with E-state index in [1.165, 1.54) is 5.75 Å². The Labute approximate surface area is 103 Å². The van der Waals surface area contributed by atoms with Crippen LogP contribution in [0.5, 0.6) is 0 Å². The van der Waals surface area contributed by atoms with Crippen molar-refractivity contribution in [1.82, 2.24) is 14.9 Å². The Morgan fingerprint density at radius 3 is 2.69 bits per heavy atom. The third-order valence-corrected chi connectivity index (χ3v) is 3.83. The van der Waals surface area contributed by atoms with Gasteiger partial charge in [-0.25, -0.2) is 4.98 Å². The molecule has 0 radical (unpaired) electrons. The van der Waals surface area contributed by atoms with Crippen molar-refractivity contribution in [2.24, 2.45) is 13.0 Å². The van der Waals surface area contributed by atoms with Gasteiger partial charge in [-0.1, -0.05) is 20.8 Å². The average Bonchev–Trinajstić information content (AvgIpc) is 2.63. The molecule has 0 amide bonds. The number of imidazole rings is 1. The number of aromatic nitrogens is 2. The van der Waals surface area contributed by atoms with Gasteiger partial charge in [0.2, 0.25) is 0 Å². The molecule has 0 spiro atoms. The zero-order chi connectivity index (χ0) is 12.0. The second kappa shape index (κ2) is 6.97. The molecule has 1 aromatic rings. The molecular weight excluding hydrogens is 218 g/mol. The summed E-state index contributed by atoms with van der Waals surface area (Å²) in [4.78, 5) is 4.42. The Morgan fingerprint density at radius 2 is 2.19 bits per heavy atom. The SMILES string of the molecule is CCNC(CSCC(C)C)c1nccn1C. The number of aryl methyl sites for hydroxylation is 1. The number of nitrogens with one attached hydrogen (secondary N) is 1. The van der Waals surface area contributed by atoms with Crippen LogP contribution >= 0.6 is 11.8 Å². The third-order valence-electron chi connectivity index (χ3n) is 2.36. The van der Waals surface area contributed by atoms with E-state index in [1.54, 1.807) is 0 Å². The smallest absolute Gasteiger partial charge is 0.126 e. The fraction of sp³-hybridized carbons (Fsp3) is 0.750. The first-order chi connectivity index (χ1) is 7.65. The van der Waals surface area contributed by atoms with Gasteiger partial charge in [-0.3, -0.25) is 0 Å². The van der Waals surface area contributed by atoms with Gasteiger partial charge < -0.3 is 9.88 Å². The molecule has 1 rings (SSSR count). The summed E-state index contributed by atoms with van der Waals surface area (Å²) in [5, 5.41) is 3.50. The van der Waals surface area contributed by atoms with Crippen LogP contribution in [0, 0.1) is 5.92 Å². The highest BCUT2D eigenvalue weighted by Crippen LogP contribution is 2.18. The van der Waals surface area contributed by atoms with Crippen molar-refractivity contribution < 1.29 is 0 Å². The molecule has 0 aliphatic carbocycles. The van der Waals surface area contributed by atoms with Crippen molar-refractivity contribution >= 4 is 11.8 Å². The molecule has 1 atom stereocenters. The predicted octanol–water partition coefficient (Wildman–Crippen LogP) is 2.46. The van der Waals surface area contributed by atoms with Crippen LogP contribution in [-0.4, -0.2) is 27.6 Å². The van der Waals surface area contributed by atoms with Gasteiger partial charge in [-0.2, -0.15) is 11.8 Å². The molecule has 4 heteroatoms. The van der Waals surface area contributed by atoms with Gasteiger partial charge in [0.1, 0.15) is 5.82 Å². The molecule has 1 heterocycles. The summed E-state index contributed by atoms with van der Waals surface area (Å²) in [7, 11) is 2.06. The number of hydrogen-bond acceptors (Lipinski definition) is 3. The summed E-state index contributed by atoms with van der Waals surface area (Å²) >= 11 is 2.00. The predicted molar refractivity (Wildman–Crippen MR) is 71.8 cm³/mol. The summed E-state index contributed by atoms with van der Waals surface area (Å²) < 4.78 is 2.10. The number of nitrogens with zero attached hydrogens (tertiary/aromatic N) is 2. The van der Waals surface area contributed by atoms with Gasteiger partial charge in [-0.05, 0) is 18.2 Å². The molecule has 0 aliphatic heterocycles. The summed E-state index contributed by atoms with van der Waals surface area (Å²) in [6.45, 7) is 7.65. The summed E-state index contributed by atoms with van der Waals surface area (Å²) in [5.41, 5.74) is 0. The lowest BCUT2D eigenvalue weighted by molar-refractivity contribution is 0.554. The topological polar surface area (TPSA) is 29.9 Å². The fourth-order valence-corrected chi connectivity index (χ4v) is 2.72. The zero-order valence-corrected chi connectivity index (χ0v) is 11.5. The molecule has 3 nitrogen and oxygen atoms in total. The number of rotatable bonds is 7. The second-order valence-electron chi connectivity index (χ2n) is 4.44. The van der Waals surface area contributed by atoms with Crippen molar-refractivity contribution in [3.63, 3.8) is 0 Å². The third kappa shape index (κ3) is 4.18. The molecule has 0 aliphatic rings. The van der Waals surface area contributed by atoms with Crippen LogP contribution in [0.2, 0.25) is 0 Å². The molecule has 0 fully saturated rings. The molecule has 0 saturated heterocycles. The van der Waals surface area contributed by atoms with Crippen LogP contribution in [0.15, 0.2) is 12.4 Å². The fourth-order valence-electron chi connectivity index (χ4n) is 1.61. The minimum atomic E-state index is 0.369. The molecule has 1 N–H and O–H groups in total. The number of hydrogen-bond donors (Lipinski definition) is 1. The Balaban J connectivity index is 2.51. The lowest BCUT2D eigenvalue weighted by Crippen LogP contribution is -2.26. The highest BCUT2D eigenvalue weighted by molar-refractivity contribution is 7.99. The normalized spacial score (nSPS) is 13.3. The van der Waals surface area contributed by atoms with Gasteiger partial charge in [0.15, 0.2) is 0 Å². The van der Waals surface area contributed by atoms with E-state index < -0.39 is 0 Å². The van der Waals surface area contributed by atoms with Crippen molar-refractivity contribution in [2.45, 2.75) is 26.8 Å². The van der Waals surface area contributed by atoms with Crippen LogP contribution < -0.4 is 5.32 Å². The quantitative estimate of drug-likeness (QED) is 0.795. The lowest BCUT2D eigenvalue weighted by atomic mass is 10.3. The minimum absolute atomic E-state index is 0.369. The number of thioether (sulfide) groups is 1. The highest BCUT2D eigenvalue weighted by atomic mass is 32.2. The maximum absolute atomic E-state index is 4.42. The van der Waals surface area contributed by atoms with Gasteiger partial charge in [0.25, 0.3) is 0 Å². The summed E-state index contributed by atoms with van der Waals surface area (Å²) in [6, 6.07) is 0.369. The Bertz CT molecular complexity index is 296. The van der Waals surface area contributed by atoms with E-state index in [9.17, 15) is 0 Å². The van der Waals surface area contributed by atoms with Gasteiger partial charge in [0.05, 0.1) is 6.04 Å². The van der Waals surface area contributed by atoms with Crippen LogP contribution in [0.4, 0.5) is 0 Å². The molecule has 0 bridgehead atoms. The van der Waals surface area contributed by atoms with Crippen LogP contribution in [0.3, 0.4) is 0 Å². The van der Waals surface area contributed by atoms with Crippen molar-refractivity contribution in [2.75, 3.05) is 18.1 Å². The maximum atomic E-state index is 4.42. The zero-order valence-electron chi connectivity index (χ0n) is 10.7. The van der Waals surface area contributed by atoms with Gasteiger partial charge >= 0.3 is 0 Å². The van der Waals surface area contributed by atoms with Crippen LogP contribution in [-0.2, 0) is 7.05 Å². The molecular formula is C12H23N3S.